The van der Waals surface area contributed by atoms with Crippen molar-refractivity contribution in [3.05, 3.63) is 84.8 Å². The molecule has 2 heterocycles. The van der Waals surface area contributed by atoms with Crippen LogP contribution < -0.4 is 15.5 Å². The lowest BCUT2D eigenvalue weighted by molar-refractivity contribution is 0.517. The Morgan fingerprint density at radius 1 is 0.897 bits per heavy atom. The average molecular weight is 385 g/mol. The van der Waals surface area contributed by atoms with Crippen molar-refractivity contribution in [3.8, 4) is 11.3 Å². The SMILES string of the molecule is CN(C)c1ccc(Nc2cc(-c3ccccc3)nc(NCc3ccco3)n2)cc1. The highest BCUT2D eigenvalue weighted by Crippen LogP contribution is 2.25. The Labute approximate surface area is 170 Å². The zero-order chi connectivity index (χ0) is 20.1. The Balaban J connectivity index is 1.61. The molecule has 0 unspecified atom stereocenters. The largest absolute Gasteiger partial charge is 0.467 e. The average Bonchev–Trinajstić information content (AvgIpc) is 3.27. The zero-order valence-corrected chi connectivity index (χ0v) is 16.5. The second-order valence-corrected chi connectivity index (χ2v) is 6.83. The molecule has 6 nitrogen and oxygen atoms in total. The van der Waals surface area contributed by atoms with Crippen LogP contribution in [0.2, 0.25) is 0 Å². The van der Waals surface area contributed by atoms with Crippen molar-refractivity contribution in [2.75, 3.05) is 29.6 Å². The minimum atomic E-state index is 0.516. The van der Waals surface area contributed by atoms with Gasteiger partial charge in [-0.25, -0.2) is 4.98 Å². The zero-order valence-electron chi connectivity index (χ0n) is 16.5. The third-order valence-corrected chi connectivity index (χ3v) is 4.45. The lowest BCUT2D eigenvalue weighted by atomic mass is 10.1. The van der Waals surface area contributed by atoms with Crippen molar-refractivity contribution in [2.24, 2.45) is 0 Å². The molecule has 6 heteroatoms. The van der Waals surface area contributed by atoms with Crippen molar-refractivity contribution in [1.29, 1.82) is 0 Å². The number of rotatable bonds is 7. The molecule has 0 radical (unpaired) electrons. The summed E-state index contributed by atoms with van der Waals surface area (Å²) in [6.07, 6.45) is 1.66. The molecule has 0 amide bonds. The third-order valence-electron chi connectivity index (χ3n) is 4.45. The van der Waals surface area contributed by atoms with Gasteiger partial charge in [-0.1, -0.05) is 30.3 Å². The summed E-state index contributed by atoms with van der Waals surface area (Å²) in [5, 5.41) is 6.63. The summed E-state index contributed by atoms with van der Waals surface area (Å²) in [5.41, 5.74) is 3.98. The van der Waals surface area contributed by atoms with Crippen LogP contribution in [0, 0.1) is 0 Å². The Morgan fingerprint density at radius 2 is 1.69 bits per heavy atom. The van der Waals surface area contributed by atoms with E-state index in [1.807, 2.05) is 74.8 Å². The summed E-state index contributed by atoms with van der Waals surface area (Å²) in [5.74, 6) is 2.08. The lowest BCUT2D eigenvalue weighted by Crippen LogP contribution is -2.08. The smallest absolute Gasteiger partial charge is 0.225 e. The highest BCUT2D eigenvalue weighted by atomic mass is 16.3. The fourth-order valence-electron chi connectivity index (χ4n) is 2.92. The van der Waals surface area contributed by atoms with Crippen LogP contribution in [0.1, 0.15) is 5.76 Å². The van der Waals surface area contributed by atoms with Gasteiger partial charge in [-0.15, -0.1) is 0 Å². The standard InChI is InChI=1S/C23H23N5O/c1-28(2)19-12-10-18(11-13-19)25-22-15-21(17-7-4-3-5-8-17)26-23(27-22)24-16-20-9-6-14-29-20/h3-15H,16H2,1-2H3,(H2,24,25,26,27). The maximum absolute atomic E-state index is 5.39. The van der Waals surface area contributed by atoms with Crippen molar-refractivity contribution in [2.45, 2.75) is 6.54 Å². The molecule has 0 aliphatic rings. The number of hydrogen-bond acceptors (Lipinski definition) is 6. The van der Waals surface area contributed by atoms with E-state index >= 15 is 0 Å². The molecular weight excluding hydrogens is 362 g/mol. The topological polar surface area (TPSA) is 66.2 Å². The predicted molar refractivity (Wildman–Crippen MR) is 118 cm³/mol. The maximum Gasteiger partial charge on any atom is 0.225 e. The van der Waals surface area contributed by atoms with Crippen LogP contribution in [-0.2, 0) is 6.54 Å². The minimum absolute atomic E-state index is 0.516. The maximum atomic E-state index is 5.39. The minimum Gasteiger partial charge on any atom is -0.467 e. The van der Waals surface area contributed by atoms with E-state index in [0.717, 1.165) is 34.2 Å². The first-order chi connectivity index (χ1) is 14.2. The fraction of sp³-hybridized carbons (Fsp3) is 0.130. The number of aromatic nitrogens is 2. The van der Waals surface area contributed by atoms with Gasteiger partial charge in [0.15, 0.2) is 0 Å². The van der Waals surface area contributed by atoms with Crippen molar-refractivity contribution >= 4 is 23.1 Å². The van der Waals surface area contributed by atoms with Crippen LogP contribution in [0.3, 0.4) is 0 Å². The molecule has 0 saturated carbocycles. The molecule has 4 aromatic rings. The lowest BCUT2D eigenvalue weighted by Gasteiger charge is -2.14. The Morgan fingerprint density at radius 3 is 2.38 bits per heavy atom. The van der Waals surface area contributed by atoms with Crippen molar-refractivity contribution < 1.29 is 4.42 Å². The van der Waals surface area contributed by atoms with E-state index < -0.39 is 0 Å². The molecule has 2 aromatic heterocycles. The number of furan rings is 1. The van der Waals surface area contributed by atoms with E-state index in [1.54, 1.807) is 6.26 Å². The van der Waals surface area contributed by atoms with Gasteiger partial charge in [0.2, 0.25) is 5.95 Å². The van der Waals surface area contributed by atoms with Gasteiger partial charge in [0.1, 0.15) is 11.6 Å². The second kappa shape index (κ2) is 8.48. The van der Waals surface area contributed by atoms with Crippen LogP contribution >= 0.6 is 0 Å². The summed E-state index contributed by atoms with van der Waals surface area (Å²) in [6.45, 7) is 0.516. The molecule has 0 aliphatic carbocycles. The van der Waals surface area contributed by atoms with Gasteiger partial charge in [0, 0.05) is 37.1 Å². The number of nitrogens with zero attached hydrogens (tertiary/aromatic N) is 3. The van der Waals surface area contributed by atoms with E-state index in [4.69, 9.17) is 4.42 Å². The Bertz CT molecular complexity index is 1040. The molecule has 2 N–H and O–H groups in total. The molecule has 29 heavy (non-hydrogen) atoms. The van der Waals surface area contributed by atoms with E-state index in [-0.39, 0.29) is 0 Å². The predicted octanol–water partition coefficient (Wildman–Crippen LogP) is 5.16. The van der Waals surface area contributed by atoms with Crippen LogP contribution in [0.4, 0.5) is 23.1 Å². The summed E-state index contributed by atoms with van der Waals surface area (Å²) in [7, 11) is 4.05. The van der Waals surface area contributed by atoms with Gasteiger partial charge in [-0.05, 0) is 36.4 Å². The van der Waals surface area contributed by atoms with Gasteiger partial charge >= 0.3 is 0 Å². The number of anilines is 4. The fourth-order valence-corrected chi connectivity index (χ4v) is 2.92. The molecule has 0 atom stereocenters. The molecule has 0 saturated heterocycles. The molecule has 0 bridgehead atoms. The van der Waals surface area contributed by atoms with Gasteiger partial charge < -0.3 is 20.0 Å². The molecule has 0 aliphatic heterocycles. The quantitative estimate of drug-likeness (QED) is 0.458. The summed E-state index contributed by atoms with van der Waals surface area (Å²) >= 11 is 0. The van der Waals surface area contributed by atoms with Gasteiger partial charge in [0.25, 0.3) is 0 Å². The number of hydrogen-bond donors (Lipinski definition) is 2. The van der Waals surface area contributed by atoms with Crippen LogP contribution in [0.5, 0.6) is 0 Å². The van der Waals surface area contributed by atoms with E-state index in [9.17, 15) is 0 Å². The molecule has 146 valence electrons. The number of benzene rings is 2. The third kappa shape index (κ3) is 4.73. The normalized spacial score (nSPS) is 10.6. The second-order valence-electron chi connectivity index (χ2n) is 6.83. The van der Waals surface area contributed by atoms with Crippen LogP contribution in [-0.4, -0.2) is 24.1 Å². The highest BCUT2D eigenvalue weighted by molar-refractivity contribution is 5.68. The van der Waals surface area contributed by atoms with Gasteiger partial charge in [-0.2, -0.15) is 4.98 Å². The molecule has 2 aromatic carbocycles. The molecule has 0 spiro atoms. The van der Waals surface area contributed by atoms with Crippen LogP contribution in [0.25, 0.3) is 11.3 Å². The summed E-state index contributed by atoms with van der Waals surface area (Å²) < 4.78 is 5.39. The first-order valence-electron chi connectivity index (χ1n) is 9.42. The first kappa shape index (κ1) is 18.6. The Kier molecular flexibility index (Phi) is 5.42. The molecular formula is C23H23N5O. The van der Waals surface area contributed by atoms with E-state index in [2.05, 4.69) is 37.6 Å². The molecule has 4 rings (SSSR count). The van der Waals surface area contributed by atoms with Crippen molar-refractivity contribution in [3.63, 3.8) is 0 Å². The number of nitrogens with one attached hydrogen (secondary N) is 2. The summed E-state index contributed by atoms with van der Waals surface area (Å²) in [6, 6.07) is 24.0. The van der Waals surface area contributed by atoms with E-state index in [1.165, 1.54) is 0 Å². The van der Waals surface area contributed by atoms with E-state index in [0.29, 0.717) is 12.5 Å². The van der Waals surface area contributed by atoms with Crippen molar-refractivity contribution in [1.82, 2.24) is 9.97 Å². The summed E-state index contributed by atoms with van der Waals surface area (Å²) in [4.78, 5) is 11.4. The van der Waals surface area contributed by atoms with Gasteiger partial charge in [0.05, 0.1) is 18.5 Å². The van der Waals surface area contributed by atoms with Crippen LogP contribution in [0.15, 0.2) is 83.5 Å². The monoisotopic (exact) mass is 385 g/mol. The highest BCUT2D eigenvalue weighted by Gasteiger charge is 2.08. The Hall–Kier alpha value is -3.80. The van der Waals surface area contributed by atoms with Gasteiger partial charge in [-0.3, -0.25) is 0 Å². The molecule has 0 fully saturated rings. The first-order valence-corrected chi connectivity index (χ1v) is 9.42.